The van der Waals surface area contributed by atoms with E-state index in [2.05, 4.69) is 37.6 Å². The van der Waals surface area contributed by atoms with E-state index >= 15 is 0 Å². The van der Waals surface area contributed by atoms with Gasteiger partial charge in [-0.25, -0.2) is 20.5 Å². The van der Waals surface area contributed by atoms with E-state index in [1.54, 1.807) is 13.1 Å². The van der Waals surface area contributed by atoms with Crippen LogP contribution in [0.25, 0.3) is 11.0 Å². The smallest absolute Gasteiger partial charge is 0.243 e. The standard InChI is InChI=1S/C30H32N8O2/c1-4-28(39)35-20-7-5-19(6-8-20)23-12-13-25-29(37-23)30(34-17-33-25)36-21-9-14-27(18(2)15-21)40-22-10-11-24(32-3)26(16-22)38-31/h4,9-17,19-20,31-32H,1,5-8H2,2-3H3,(H,35,39)(H,33,34,36). The van der Waals surface area contributed by atoms with Crippen LogP contribution in [-0.2, 0) is 4.79 Å². The Labute approximate surface area is 232 Å². The molecule has 0 radical (unpaired) electrons. The molecule has 2 aromatic heterocycles. The van der Waals surface area contributed by atoms with Crippen molar-refractivity contribution >= 4 is 39.8 Å². The first-order valence-electron chi connectivity index (χ1n) is 13.3. The van der Waals surface area contributed by atoms with Crippen LogP contribution >= 0.6 is 0 Å². The molecule has 40 heavy (non-hydrogen) atoms. The molecule has 1 aliphatic rings. The van der Waals surface area contributed by atoms with Gasteiger partial charge in [0, 0.05) is 36.5 Å². The van der Waals surface area contributed by atoms with Gasteiger partial charge in [0.25, 0.3) is 0 Å². The highest BCUT2D eigenvalue weighted by molar-refractivity contribution is 5.87. The molecule has 0 aliphatic heterocycles. The molecular weight excluding hydrogens is 504 g/mol. The van der Waals surface area contributed by atoms with Crippen LogP contribution < -0.4 is 20.7 Å². The van der Waals surface area contributed by atoms with E-state index in [1.165, 1.54) is 12.4 Å². The summed E-state index contributed by atoms with van der Waals surface area (Å²) >= 11 is 0. The van der Waals surface area contributed by atoms with Crippen LogP contribution in [0.5, 0.6) is 11.5 Å². The van der Waals surface area contributed by atoms with E-state index in [0.29, 0.717) is 28.9 Å². The van der Waals surface area contributed by atoms with Crippen LogP contribution in [0, 0.1) is 12.5 Å². The van der Waals surface area contributed by atoms with Gasteiger partial charge in [-0.1, -0.05) is 6.58 Å². The second-order valence-corrected chi connectivity index (χ2v) is 9.84. The first-order chi connectivity index (χ1) is 19.5. The van der Waals surface area contributed by atoms with Crippen molar-refractivity contribution in [2.45, 2.75) is 44.6 Å². The van der Waals surface area contributed by atoms with Gasteiger partial charge in [0.15, 0.2) is 5.82 Å². The molecule has 0 bridgehead atoms. The van der Waals surface area contributed by atoms with Gasteiger partial charge in [0.2, 0.25) is 5.91 Å². The molecule has 4 N–H and O–H groups in total. The monoisotopic (exact) mass is 536 g/mol. The number of nitrogens with zero attached hydrogens (tertiary/aromatic N) is 4. The fourth-order valence-corrected chi connectivity index (χ4v) is 5.05. The predicted molar refractivity (Wildman–Crippen MR) is 156 cm³/mol. The molecule has 0 unspecified atom stereocenters. The Morgan fingerprint density at radius 1 is 1.10 bits per heavy atom. The largest absolute Gasteiger partial charge is 0.457 e. The van der Waals surface area contributed by atoms with Crippen LogP contribution in [0.4, 0.5) is 22.9 Å². The van der Waals surface area contributed by atoms with Crippen molar-refractivity contribution in [2.75, 3.05) is 17.7 Å². The summed E-state index contributed by atoms with van der Waals surface area (Å²) in [4.78, 5) is 25.5. The average Bonchev–Trinajstić information content (AvgIpc) is 2.98. The number of hydrogen-bond acceptors (Lipinski definition) is 9. The highest BCUT2D eigenvalue weighted by Crippen LogP contribution is 2.35. The minimum atomic E-state index is -0.118. The number of aromatic nitrogens is 3. The van der Waals surface area contributed by atoms with E-state index in [1.807, 2.05) is 49.4 Å². The molecule has 204 valence electrons. The SMILES string of the molecule is C=CC(=O)NC1CCC(c2ccc3ncnc(Nc4ccc(Oc5ccc(NC)c(N=N)c5)c(C)c4)c3n2)CC1. The molecule has 1 fully saturated rings. The second-order valence-electron chi connectivity index (χ2n) is 9.84. The fraction of sp³-hybridized carbons (Fsp3) is 0.267. The number of amides is 1. The van der Waals surface area contributed by atoms with Gasteiger partial charge in [0.05, 0.1) is 11.2 Å². The summed E-state index contributed by atoms with van der Waals surface area (Å²) < 4.78 is 6.08. The molecule has 2 aromatic carbocycles. The topological polar surface area (TPSA) is 137 Å². The van der Waals surface area contributed by atoms with Gasteiger partial charge in [0.1, 0.15) is 29.0 Å². The predicted octanol–water partition coefficient (Wildman–Crippen LogP) is 6.90. The van der Waals surface area contributed by atoms with Crippen LogP contribution in [0.1, 0.15) is 42.9 Å². The lowest BCUT2D eigenvalue weighted by molar-refractivity contribution is -0.117. The third-order valence-electron chi connectivity index (χ3n) is 7.21. The van der Waals surface area contributed by atoms with Crippen LogP contribution in [0.15, 0.2) is 72.6 Å². The third kappa shape index (κ3) is 5.90. The summed E-state index contributed by atoms with van der Waals surface area (Å²) in [7, 11) is 1.79. The first-order valence-corrected chi connectivity index (χ1v) is 13.3. The molecule has 0 spiro atoms. The van der Waals surface area contributed by atoms with E-state index in [4.69, 9.17) is 15.3 Å². The van der Waals surface area contributed by atoms with Crippen molar-refractivity contribution in [3.63, 3.8) is 0 Å². The van der Waals surface area contributed by atoms with Crippen LogP contribution in [0.2, 0.25) is 0 Å². The number of carbonyl (C=O) groups is 1. The molecule has 5 rings (SSSR count). The van der Waals surface area contributed by atoms with Crippen molar-refractivity contribution in [1.29, 1.82) is 5.53 Å². The summed E-state index contributed by atoms with van der Waals surface area (Å²) in [5.41, 5.74) is 12.9. The zero-order valence-electron chi connectivity index (χ0n) is 22.6. The molecule has 0 saturated heterocycles. The Kier molecular flexibility index (Phi) is 7.95. The molecule has 2 heterocycles. The van der Waals surface area contributed by atoms with Crippen LogP contribution in [-0.4, -0.2) is 33.9 Å². The Morgan fingerprint density at radius 2 is 1.93 bits per heavy atom. The zero-order chi connectivity index (χ0) is 28.1. The van der Waals surface area contributed by atoms with E-state index in [0.717, 1.165) is 59.3 Å². The second kappa shape index (κ2) is 11.9. The van der Waals surface area contributed by atoms with Crippen molar-refractivity contribution in [3.8, 4) is 11.5 Å². The number of hydrogen-bond donors (Lipinski definition) is 4. The van der Waals surface area contributed by atoms with Crippen molar-refractivity contribution < 1.29 is 9.53 Å². The maximum Gasteiger partial charge on any atom is 0.243 e. The minimum absolute atomic E-state index is 0.118. The van der Waals surface area contributed by atoms with Crippen molar-refractivity contribution in [1.82, 2.24) is 20.3 Å². The lowest BCUT2D eigenvalue weighted by Crippen LogP contribution is -2.36. The molecule has 1 amide bonds. The molecule has 1 saturated carbocycles. The van der Waals surface area contributed by atoms with Gasteiger partial charge < -0.3 is 20.7 Å². The highest BCUT2D eigenvalue weighted by Gasteiger charge is 2.24. The quantitative estimate of drug-likeness (QED) is 0.135. The maximum atomic E-state index is 11.7. The number of ether oxygens (including phenoxy) is 1. The number of nitrogens with one attached hydrogen (secondary N) is 4. The number of fused-ring (bicyclic) bond motifs is 1. The van der Waals surface area contributed by atoms with Gasteiger partial charge >= 0.3 is 0 Å². The molecular formula is C30H32N8O2. The number of benzene rings is 2. The molecule has 10 heteroatoms. The number of carbonyl (C=O) groups excluding carboxylic acids is 1. The number of anilines is 3. The summed E-state index contributed by atoms with van der Waals surface area (Å²) in [6, 6.07) is 15.4. The first kappa shape index (κ1) is 26.7. The van der Waals surface area contributed by atoms with Gasteiger partial charge in [-0.05, 0) is 86.7 Å². The molecule has 1 aliphatic carbocycles. The van der Waals surface area contributed by atoms with E-state index < -0.39 is 0 Å². The van der Waals surface area contributed by atoms with E-state index in [-0.39, 0.29) is 11.9 Å². The van der Waals surface area contributed by atoms with Crippen molar-refractivity contribution in [2.24, 2.45) is 5.11 Å². The maximum absolute atomic E-state index is 11.7. The Hall–Kier alpha value is -4.86. The third-order valence-corrected chi connectivity index (χ3v) is 7.21. The van der Waals surface area contributed by atoms with Gasteiger partial charge in [-0.2, -0.15) is 5.11 Å². The fourth-order valence-electron chi connectivity index (χ4n) is 5.05. The van der Waals surface area contributed by atoms with Gasteiger partial charge in [-0.15, -0.1) is 0 Å². The average molecular weight is 537 g/mol. The Bertz CT molecular complexity index is 1560. The van der Waals surface area contributed by atoms with Gasteiger partial charge in [-0.3, -0.25) is 4.79 Å². The number of rotatable bonds is 9. The zero-order valence-corrected chi connectivity index (χ0v) is 22.6. The van der Waals surface area contributed by atoms with Crippen LogP contribution in [0.3, 0.4) is 0 Å². The summed E-state index contributed by atoms with van der Waals surface area (Å²) in [5, 5.41) is 13.0. The highest BCUT2D eigenvalue weighted by atomic mass is 16.5. The van der Waals surface area contributed by atoms with Crippen molar-refractivity contribution in [3.05, 3.63) is 78.8 Å². The lowest BCUT2D eigenvalue weighted by atomic mass is 9.83. The van der Waals surface area contributed by atoms with E-state index in [9.17, 15) is 4.79 Å². The molecule has 0 atom stereocenters. The minimum Gasteiger partial charge on any atom is -0.457 e. The Balaban J connectivity index is 1.32. The number of aryl methyl sites for hydroxylation is 1. The molecule has 4 aromatic rings. The molecule has 10 nitrogen and oxygen atoms in total. The lowest BCUT2D eigenvalue weighted by Gasteiger charge is -2.28. The summed E-state index contributed by atoms with van der Waals surface area (Å²) in [6.45, 7) is 5.51. The normalized spacial score (nSPS) is 16.6. The summed E-state index contributed by atoms with van der Waals surface area (Å²) in [6.07, 6.45) is 6.58. The Morgan fingerprint density at radius 3 is 2.65 bits per heavy atom. The number of pyridine rings is 1. The summed E-state index contributed by atoms with van der Waals surface area (Å²) in [5.74, 6) is 2.14.